The Hall–Kier alpha value is -3.46. The summed E-state index contributed by atoms with van der Waals surface area (Å²) in [5.41, 5.74) is 5.08. The van der Waals surface area contributed by atoms with Crippen molar-refractivity contribution in [2.24, 2.45) is 0 Å². The Morgan fingerprint density at radius 1 is 0.750 bits per heavy atom. The summed E-state index contributed by atoms with van der Waals surface area (Å²) in [6, 6.07) is 30.0. The Bertz CT molecular complexity index is 1040. The molecule has 0 unspecified atom stereocenters. The standard InChI is InChI=1S/C25H22N2O/c28-23(20-11-4-1-5-12-20)17-10-18-27-19-26-24(21-13-6-2-7-14-21)25(27)22-15-8-3-9-16-22/h1-9,11-16,19H,10,17-18H2. The van der Waals surface area contributed by atoms with E-state index in [2.05, 4.69) is 28.8 Å². The van der Waals surface area contributed by atoms with Crippen LogP contribution in [0.4, 0.5) is 0 Å². The van der Waals surface area contributed by atoms with Crippen LogP contribution in [0.15, 0.2) is 97.3 Å². The van der Waals surface area contributed by atoms with E-state index in [1.54, 1.807) is 0 Å². The highest BCUT2D eigenvalue weighted by Crippen LogP contribution is 2.31. The molecular weight excluding hydrogens is 344 g/mol. The number of ketones is 1. The molecule has 138 valence electrons. The average Bonchev–Trinajstić information content (AvgIpc) is 3.19. The molecule has 3 heteroatoms. The number of aryl methyl sites for hydroxylation is 1. The van der Waals surface area contributed by atoms with Gasteiger partial charge in [-0.05, 0) is 6.42 Å². The van der Waals surface area contributed by atoms with Gasteiger partial charge in [0.2, 0.25) is 0 Å². The first kappa shape index (κ1) is 17.9. The second kappa shape index (κ2) is 8.49. The summed E-state index contributed by atoms with van der Waals surface area (Å²) in [5, 5.41) is 0. The number of carbonyl (C=O) groups is 1. The zero-order valence-corrected chi connectivity index (χ0v) is 15.7. The topological polar surface area (TPSA) is 34.9 Å². The van der Waals surface area contributed by atoms with Crippen LogP contribution in [-0.4, -0.2) is 15.3 Å². The fourth-order valence-corrected chi connectivity index (χ4v) is 3.44. The minimum absolute atomic E-state index is 0.185. The molecular formula is C25H22N2O. The number of hydrogen-bond acceptors (Lipinski definition) is 2. The number of benzene rings is 3. The molecule has 4 rings (SSSR count). The molecule has 0 atom stereocenters. The van der Waals surface area contributed by atoms with Gasteiger partial charge in [0, 0.05) is 29.7 Å². The van der Waals surface area contributed by atoms with Crippen molar-refractivity contribution >= 4 is 5.78 Å². The third kappa shape index (κ3) is 3.94. The number of hydrogen-bond donors (Lipinski definition) is 0. The smallest absolute Gasteiger partial charge is 0.162 e. The minimum Gasteiger partial charge on any atom is -0.330 e. The third-order valence-electron chi connectivity index (χ3n) is 4.83. The number of carbonyl (C=O) groups excluding carboxylic acids is 1. The molecule has 0 saturated carbocycles. The highest BCUT2D eigenvalue weighted by atomic mass is 16.1. The summed E-state index contributed by atoms with van der Waals surface area (Å²) in [5.74, 6) is 0.185. The van der Waals surface area contributed by atoms with E-state index in [9.17, 15) is 4.79 Å². The lowest BCUT2D eigenvalue weighted by molar-refractivity contribution is 0.0978. The van der Waals surface area contributed by atoms with Gasteiger partial charge >= 0.3 is 0 Å². The van der Waals surface area contributed by atoms with E-state index < -0.39 is 0 Å². The van der Waals surface area contributed by atoms with Crippen molar-refractivity contribution in [2.45, 2.75) is 19.4 Å². The molecule has 0 spiro atoms. The van der Waals surface area contributed by atoms with Gasteiger partial charge in [-0.3, -0.25) is 4.79 Å². The van der Waals surface area contributed by atoms with Gasteiger partial charge in [-0.25, -0.2) is 4.98 Å². The van der Waals surface area contributed by atoms with Gasteiger partial charge < -0.3 is 4.57 Å². The van der Waals surface area contributed by atoms with Gasteiger partial charge in [0.05, 0.1) is 17.7 Å². The van der Waals surface area contributed by atoms with Crippen LogP contribution in [0.2, 0.25) is 0 Å². The van der Waals surface area contributed by atoms with Crippen molar-refractivity contribution < 1.29 is 4.79 Å². The zero-order chi connectivity index (χ0) is 19.2. The molecule has 0 aliphatic rings. The van der Waals surface area contributed by atoms with Crippen molar-refractivity contribution in [2.75, 3.05) is 0 Å². The quantitative estimate of drug-likeness (QED) is 0.383. The Labute approximate surface area is 165 Å². The first-order chi connectivity index (χ1) is 13.8. The Balaban J connectivity index is 1.57. The largest absolute Gasteiger partial charge is 0.330 e. The van der Waals surface area contributed by atoms with Gasteiger partial charge in [-0.15, -0.1) is 0 Å². The normalized spacial score (nSPS) is 10.7. The van der Waals surface area contributed by atoms with Crippen LogP contribution >= 0.6 is 0 Å². The molecule has 0 saturated heterocycles. The summed E-state index contributed by atoms with van der Waals surface area (Å²) >= 11 is 0. The summed E-state index contributed by atoms with van der Waals surface area (Å²) in [6.07, 6.45) is 3.19. The SMILES string of the molecule is O=C(CCCn1cnc(-c2ccccc2)c1-c1ccccc1)c1ccccc1. The lowest BCUT2D eigenvalue weighted by Crippen LogP contribution is -2.04. The van der Waals surface area contributed by atoms with Crippen LogP contribution in [0.1, 0.15) is 23.2 Å². The summed E-state index contributed by atoms with van der Waals surface area (Å²) in [4.78, 5) is 17.1. The second-order valence-electron chi connectivity index (χ2n) is 6.76. The van der Waals surface area contributed by atoms with E-state index >= 15 is 0 Å². The molecule has 0 radical (unpaired) electrons. The van der Waals surface area contributed by atoms with E-state index in [-0.39, 0.29) is 5.78 Å². The van der Waals surface area contributed by atoms with Crippen LogP contribution in [-0.2, 0) is 6.54 Å². The Morgan fingerprint density at radius 3 is 1.96 bits per heavy atom. The predicted octanol–water partition coefficient (Wildman–Crippen LogP) is 5.88. The van der Waals surface area contributed by atoms with E-state index in [1.165, 1.54) is 0 Å². The molecule has 0 aliphatic carbocycles. The van der Waals surface area contributed by atoms with Crippen LogP contribution < -0.4 is 0 Å². The molecule has 1 aromatic heterocycles. The summed E-state index contributed by atoms with van der Waals surface area (Å²) < 4.78 is 2.16. The fourth-order valence-electron chi connectivity index (χ4n) is 3.44. The summed E-state index contributed by atoms with van der Waals surface area (Å²) in [6.45, 7) is 0.753. The van der Waals surface area contributed by atoms with Crippen molar-refractivity contribution in [3.63, 3.8) is 0 Å². The van der Waals surface area contributed by atoms with Crippen LogP contribution in [0.25, 0.3) is 22.5 Å². The van der Waals surface area contributed by atoms with Crippen molar-refractivity contribution in [1.82, 2.24) is 9.55 Å². The van der Waals surface area contributed by atoms with Crippen LogP contribution in [0.5, 0.6) is 0 Å². The molecule has 0 aliphatic heterocycles. The number of Topliss-reactive ketones (excluding diaryl/α,β-unsaturated/α-hetero) is 1. The van der Waals surface area contributed by atoms with Gasteiger partial charge in [0.25, 0.3) is 0 Å². The monoisotopic (exact) mass is 366 g/mol. The lowest BCUT2D eigenvalue weighted by atomic mass is 10.0. The number of imidazole rings is 1. The average molecular weight is 366 g/mol. The van der Waals surface area contributed by atoms with E-state index in [0.29, 0.717) is 6.42 Å². The van der Waals surface area contributed by atoms with E-state index in [1.807, 2.05) is 73.1 Å². The van der Waals surface area contributed by atoms with Gasteiger partial charge in [0.1, 0.15) is 0 Å². The molecule has 1 heterocycles. The highest BCUT2D eigenvalue weighted by Gasteiger charge is 2.15. The van der Waals surface area contributed by atoms with Crippen LogP contribution in [0.3, 0.4) is 0 Å². The number of rotatable bonds is 7. The highest BCUT2D eigenvalue weighted by molar-refractivity contribution is 5.95. The maximum absolute atomic E-state index is 12.4. The molecule has 4 aromatic rings. The minimum atomic E-state index is 0.185. The van der Waals surface area contributed by atoms with Crippen molar-refractivity contribution in [3.05, 3.63) is 103 Å². The Kier molecular flexibility index (Phi) is 5.43. The second-order valence-corrected chi connectivity index (χ2v) is 6.76. The third-order valence-corrected chi connectivity index (χ3v) is 4.83. The molecule has 0 N–H and O–H groups in total. The lowest BCUT2D eigenvalue weighted by Gasteiger charge is -2.11. The first-order valence-corrected chi connectivity index (χ1v) is 9.57. The Morgan fingerprint density at radius 2 is 1.32 bits per heavy atom. The molecule has 3 nitrogen and oxygen atoms in total. The maximum atomic E-state index is 12.4. The molecule has 3 aromatic carbocycles. The van der Waals surface area contributed by atoms with Crippen LogP contribution in [0, 0.1) is 0 Å². The van der Waals surface area contributed by atoms with Crippen molar-refractivity contribution in [1.29, 1.82) is 0 Å². The molecule has 0 fully saturated rings. The number of aromatic nitrogens is 2. The fraction of sp³-hybridized carbons (Fsp3) is 0.120. The molecule has 0 bridgehead atoms. The van der Waals surface area contributed by atoms with Crippen molar-refractivity contribution in [3.8, 4) is 22.5 Å². The van der Waals surface area contributed by atoms with E-state index in [0.717, 1.165) is 41.0 Å². The first-order valence-electron chi connectivity index (χ1n) is 9.57. The molecule has 0 amide bonds. The maximum Gasteiger partial charge on any atom is 0.162 e. The zero-order valence-electron chi connectivity index (χ0n) is 15.7. The van der Waals surface area contributed by atoms with E-state index in [4.69, 9.17) is 4.98 Å². The van der Waals surface area contributed by atoms with Gasteiger partial charge in [-0.2, -0.15) is 0 Å². The van der Waals surface area contributed by atoms with Gasteiger partial charge in [0.15, 0.2) is 5.78 Å². The molecule has 28 heavy (non-hydrogen) atoms. The number of nitrogens with zero attached hydrogens (tertiary/aromatic N) is 2. The van der Waals surface area contributed by atoms with Gasteiger partial charge in [-0.1, -0.05) is 91.0 Å². The predicted molar refractivity (Wildman–Crippen MR) is 113 cm³/mol. The summed E-state index contributed by atoms with van der Waals surface area (Å²) in [7, 11) is 0.